The molecule has 7 nitrogen and oxygen atoms in total. The minimum Gasteiger partial charge on any atom is -0.497 e. The van der Waals surface area contributed by atoms with E-state index >= 15 is 0 Å². The summed E-state index contributed by atoms with van der Waals surface area (Å²) in [6.07, 6.45) is 1.90. The largest absolute Gasteiger partial charge is 0.497 e. The van der Waals surface area contributed by atoms with Gasteiger partial charge in [-0.05, 0) is 50.9 Å². The highest BCUT2D eigenvalue weighted by atomic mass is 16.5. The van der Waals surface area contributed by atoms with Crippen molar-refractivity contribution in [3.63, 3.8) is 0 Å². The molecular formula is C23H29N3O4. The van der Waals surface area contributed by atoms with Gasteiger partial charge < -0.3 is 14.8 Å². The summed E-state index contributed by atoms with van der Waals surface area (Å²) < 4.78 is 10.8. The summed E-state index contributed by atoms with van der Waals surface area (Å²) in [5.74, 6) is 1.12. The van der Waals surface area contributed by atoms with Gasteiger partial charge in [-0.2, -0.15) is 0 Å². The molecule has 1 aliphatic heterocycles. The van der Waals surface area contributed by atoms with Crippen molar-refractivity contribution in [1.29, 1.82) is 0 Å². The summed E-state index contributed by atoms with van der Waals surface area (Å²) in [6.45, 7) is 4.83. The highest BCUT2D eigenvalue weighted by Crippen LogP contribution is 2.38. The van der Waals surface area contributed by atoms with E-state index in [-0.39, 0.29) is 18.5 Å². The molecule has 0 saturated carbocycles. The van der Waals surface area contributed by atoms with E-state index in [1.165, 1.54) is 0 Å². The van der Waals surface area contributed by atoms with Crippen molar-refractivity contribution < 1.29 is 19.1 Å². The molecule has 1 heterocycles. The first kappa shape index (κ1) is 21.6. The minimum atomic E-state index is -0.523. The maximum Gasteiger partial charge on any atom is 0.325 e. The standard InChI is InChI=1S/C23H29N3O4/c1-15-7-10-19(16(2)12-15)24-23(28)25-22(27)14-26-11-5-6-20(26)18-9-8-17(29-3)13-21(18)30-4/h7-10,12-13,20H,5-6,11,14H2,1-4H3,(H2,24,25,27,28)/t20-/m0/s1. The zero-order valence-corrected chi connectivity index (χ0v) is 18.0. The molecule has 160 valence electrons. The monoisotopic (exact) mass is 411 g/mol. The molecule has 0 bridgehead atoms. The van der Waals surface area contributed by atoms with Gasteiger partial charge in [-0.15, -0.1) is 0 Å². The maximum absolute atomic E-state index is 12.5. The molecule has 0 spiro atoms. The Balaban J connectivity index is 1.62. The molecule has 0 unspecified atom stereocenters. The topological polar surface area (TPSA) is 79.9 Å². The quantitative estimate of drug-likeness (QED) is 0.756. The molecule has 2 N–H and O–H groups in total. The Labute approximate surface area is 177 Å². The number of methoxy groups -OCH3 is 2. The van der Waals surface area contributed by atoms with E-state index in [0.29, 0.717) is 5.69 Å². The minimum absolute atomic E-state index is 0.0546. The first-order valence-corrected chi connectivity index (χ1v) is 10.1. The Bertz CT molecular complexity index is 929. The lowest BCUT2D eigenvalue weighted by Crippen LogP contribution is -2.41. The first-order valence-electron chi connectivity index (χ1n) is 10.1. The fourth-order valence-electron chi connectivity index (χ4n) is 3.92. The maximum atomic E-state index is 12.5. The normalized spacial score (nSPS) is 16.2. The Morgan fingerprint density at radius 3 is 2.60 bits per heavy atom. The van der Waals surface area contributed by atoms with E-state index in [1.807, 2.05) is 50.2 Å². The van der Waals surface area contributed by atoms with E-state index in [2.05, 4.69) is 15.5 Å². The zero-order valence-electron chi connectivity index (χ0n) is 18.0. The summed E-state index contributed by atoms with van der Waals surface area (Å²) in [5, 5.41) is 5.18. The number of carbonyl (C=O) groups excluding carboxylic acids is 2. The van der Waals surface area contributed by atoms with Crippen LogP contribution in [0.25, 0.3) is 0 Å². The lowest BCUT2D eigenvalue weighted by molar-refractivity contribution is -0.121. The fraction of sp³-hybridized carbons (Fsp3) is 0.391. The number of hydrogen-bond acceptors (Lipinski definition) is 5. The number of nitrogens with zero attached hydrogens (tertiary/aromatic N) is 1. The van der Waals surface area contributed by atoms with Crippen LogP contribution in [0.4, 0.5) is 10.5 Å². The van der Waals surface area contributed by atoms with Crippen LogP contribution in [0.1, 0.15) is 35.6 Å². The van der Waals surface area contributed by atoms with Gasteiger partial charge >= 0.3 is 6.03 Å². The Hall–Kier alpha value is -3.06. The third kappa shape index (κ3) is 5.10. The molecule has 2 aromatic rings. The number of amides is 3. The van der Waals surface area contributed by atoms with Crippen LogP contribution < -0.4 is 20.1 Å². The zero-order chi connectivity index (χ0) is 21.7. The Morgan fingerprint density at radius 1 is 1.10 bits per heavy atom. The van der Waals surface area contributed by atoms with E-state index in [4.69, 9.17) is 9.47 Å². The number of ether oxygens (including phenoxy) is 2. The second-order valence-electron chi connectivity index (χ2n) is 7.56. The van der Waals surface area contributed by atoms with Crippen LogP contribution in [-0.4, -0.2) is 44.1 Å². The number of rotatable bonds is 6. The molecule has 2 aromatic carbocycles. The summed E-state index contributed by atoms with van der Waals surface area (Å²) in [4.78, 5) is 26.8. The molecular weight excluding hydrogens is 382 g/mol. The summed E-state index contributed by atoms with van der Waals surface area (Å²) in [7, 11) is 3.24. The second kappa shape index (κ2) is 9.63. The van der Waals surface area contributed by atoms with Gasteiger partial charge in [0.15, 0.2) is 0 Å². The number of imide groups is 1. The highest BCUT2D eigenvalue weighted by Gasteiger charge is 2.30. The molecule has 1 fully saturated rings. The van der Waals surface area contributed by atoms with Gasteiger partial charge in [0.2, 0.25) is 5.91 Å². The average molecular weight is 412 g/mol. The molecule has 1 aliphatic rings. The molecule has 3 amide bonds. The van der Waals surface area contributed by atoms with Crippen LogP contribution in [-0.2, 0) is 4.79 Å². The number of likely N-dealkylation sites (tertiary alicyclic amines) is 1. The van der Waals surface area contributed by atoms with Crippen molar-refractivity contribution >= 4 is 17.6 Å². The molecule has 30 heavy (non-hydrogen) atoms. The van der Waals surface area contributed by atoms with E-state index in [0.717, 1.165) is 47.6 Å². The van der Waals surface area contributed by atoms with Crippen molar-refractivity contribution in [1.82, 2.24) is 10.2 Å². The number of urea groups is 1. The molecule has 7 heteroatoms. The lowest BCUT2D eigenvalue weighted by atomic mass is 10.0. The second-order valence-corrected chi connectivity index (χ2v) is 7.56. The van der Waals surface area contributed by atoms with Crippen LogP contribution in [0.15, 0.2) is 36.4 Å². The third-order valence-electron chi connectivity index (χ3n) is 5.39. The van der Waals surface area contributed by atoms with E-state index in [9.17, 15) is 9.59 Å². The van der Waals surface area contributed by atoms with Crippen molar-refractivity contribution in [2.75, 3.05) is 32.6 Å². The molecule has 1 atom stereocenters. The van der Waals surface area contributed by atoms with Gasteiger partial charge in [-0.3, -0.25) is 15.0 Å². The molecule has 0 aliphatic carbocycles. The van der Waals surface area contributed by atoms with E-state index in [1.54, 1.807) is 14.2 Å². The van der Waals surface area contributed by atoms with Crippen LogP contribution in [0, 0.1) is 13.8 Å². The van der Waals surface area contributed by atoms with Gasteiger partial charge in [-0.25, -0.2) is 4.79 Å². The van der Waals surface area contributed by atoms with Crippen molar-refractivity contribution in [2.45, 2.75) is 32.7 Å². The van der Waals surface area contributed by atoms with Crippen molar-refractivity contribution in [3.05, 3.63) is 53.1 Å². The van der Waals surface area contributed by atoms with Crippen LogP contribution in [0.3, 0.4) is 0 Å². The van der Waals surface area contributed by atoms with E-state index < -0.39 is 6.03 Å². The highest BCUT2D eigenvalue weighted by molar-refractivity contribution is 6.02. The molecule has 1 saturated heterocycles. The predicted octanol–water partition coefficient (Wildman–Crippen LogP) is 3.81. The van der Waals surface area contributed by atoms with Crippen LogP contribution in [0.5, 0.6) is 11.5 Å². The van der Waals surface area contributed by atoms with Gasteiger partial charge in [0.1, 0.15) is 11.5 Å². The van der Waals surface area contributed by atoms with Crippen LogP contribution in [0.2, 0.25) is 0 Å². The van der Waals surface area contributed by atoms with Crippen molar-refractivity contribution in [3.8, 4) is 11.5 Å². The van der Waals surface area contributed by atoms with Gasteiger partial charge in [0.05, 0.1) is 20.8 Å². The number of aryl methyl sites for hydroxylation is 2. The summed E-state index contributed by atoms with van der Waals surface area (Å²) in [6, 6.07) is 11.0. The number of hydrogen-bond donors (Lipinski definition) is 2. The molecule has 0 radical (unpaired) electrons. The fourth-order valence-corrected chi connectivity index (χ4v) is 3.92. The molecule has 3 rings (SSSR count). The van der Waals surface area contributed by atoms with Gasteiger partial charge in [0, 0.05) is 23.4 Å². The summed E-state index contributed by atoms with van der Waals surface area (Å²) >= 11 is 0. The average Bonchev–Trinajstić information content (AvgIpc) is 3.17. The van der Waals surface area contributed by atoms with Crippen LogP contribution >= 0.6 is 0 Å². The SMILES string of the molecule is COc1ccc([C@@H]2CCCN2CC(=O)NC(=O)Nc2ccc(C)cc2C)c(OC)c1. The molecule has 0 aromatic heterocycles. The Kier molecular flexibility index (Phi) is 6.95. The summed E-state index contributed by atoms with van der Waals surface area (Å²) in [5.41, 5.74) is 3.77. The number of benzene rings is 2. The third-order valence-corrected chi connectivity index (χ3v) is 5.39. The number of nitrogens with one attached hydrogen (secondary N) is 2. The van der Waals surface area contributed by atoms with Gasteiger partial charge in [-0.1, -0.05) is 23.8 Å². The number of carbonyl (C=O) groups is 2. The first-order chi connectivity index (χ1) is 14.4. The Morgan fingerprint density at radius 2 is 1.90 bits per heavy atom. The number of anilines is 1. The van der Waals surface area contributed by atoms with Gasteiger partial charge in [0.25, 0.3) is 0 Å². The predicted molar refractivity (Wildman–Crippen MR) is 116 cm³/mol. The smallest absolute Gasteiger partial charge is 0.325 e. The lowest BCUT2D eigenvalue weighted by Gasteiger charge is -2.25. The van der Waals surface area contributed by atoms with Crippen molar-refractivity contribution in [2.24, 2.45) is 0 Å².